The van der Waals surface area contributed by atoms with Gasteiger partial charge in [-0.05, 0) is 29.5 Å². The minimum absolute atomic E-state index is 0.0151. The molecule has 0 N–H and O–H groups in total. The molecule has 0 aliphatic carbocycles. The second-order valence-electron chi connectivity index (χ2n) is 3.64. The number of nitro benzene ring substituents is 1. The van der Waals surface area contributed by atoms with Crippen LogP contribution in [-0.2, 0) is 4.79 Å². The molecule has 0 saturated heterocycles. The molecule has 2 aromatic rings. The number of carbonyl (C=O) groups is 1. The number of benzene rings is 1. The Morgan fingerprint density at radius 2 is 2.00 bits per heavy atom. The van der Waals surface area contributed by atoms with Crippen molar-refractivity contribution in [1.82, 2.24) is 9.97 Å². The molecule has 0 atom stereocenters. The average Bonchev–Trinajstić information content (AvgIpc) is 2.46. The first-order chi connectivity index (χ1) is 9.65. The van der Waals surface area contributed by atoms with Crippen LogP contribution in [0, 0.1) is 10.1 Å². The van der Waals surface area contributed by atoms with Crippen LogP contribution in [0.5, 0.6) is 0 Å². The lowest BCUT2D eigenvalue weighted by Crippen LogP contribution is -1.90. The molecule has 0 spiro atoms. The first-order valence-corrected chi connectivity index (χ1v) is 6.38. The monoisotopic (exact) mass is 287 g/mol. The molecule has 2 rings (SSSR count). The summed E-state index contributed by atoms with van der Waals surface area (Å²) >= 11 is 0.892. The highest BCUT2D eigenvalue weighted by atomic mass is 32.2. The summed E-state index contributed by atoms with van der Waals surface area (Å²) in [4.78, 5) is 29.7. The number of rotatable bonds is 4. The summed E-state index contributed by atoms with van der Waals surface area (Å²) in [6, 6.07) is 7.70. The van der Waals surface area contributed by atoms with Crippen LogP contribution in [-0.4, -0.2) is 20.0 Å². The van der Waals surface area contributed by atoms with Crippen LogP contribution in [0.3, 0.4) is 0 Å². The molecule has 0 aliphatic heterocycles. The molecule has 0 saturated carbocycles. The van der Waals surface area contributed by atoms with Crippen LogP contribution >= 0.6 is 11.8 Å². The molecule has 0 aliphatic rings. The Morgan fingerprint density at radius 3 is 2.70 bits per heavy atom. The topological polar surface area (TPSA) is 86.0 Å². The number of hydrogen-bond acceptors (Lipinski definition) is 6. The summed E-state index contributed by atoms with van der Waals surface area (Å²) in [6.45, 7) is 0. The van der Waals surface area contributed by atoms with Gasteiger partial charge in [-0.1, -0.05) is 18.2 Å². The van der Waals surface area contributed by atoms with Gasteiger partial charge >= 0.3 is 0 Å². The Labute approximate surface area is 118 Å². The molecule has 0 radical (unpaired) electrons. The average molecular weight is 287 g/mol. The summed E-state index contributed by atoms with van der Waals surface area (Å²) in [7, 11) is 0. The third kappa shape index (κ3) is 3.99. The van der Waals surface area contributed by atoms with E-state index in [0.717, 1.165) is 11.8 Å². The largest absolute Gasteiger partial charge is 0.282 e. The number of aromatic nitrogens is 2. The number of carbonyl (C=O) groups excluding carboxylic acids is 1. The van der Waals surface area contributed by atoms with Crippen LogP contribution in [0.15, 0.2) is 54.0 Å². The van der Waals surface area contributed by atoms with E-state index >= 15 is 0 Å². The molecule has 0 fully saturated rings. The summed E-state index contributed by atoms with van der Waals surface area (Å²) in [5.41, 5.74) is 0.570. The predicted molar refractivity (Wildman–Crippen MR) is 75.0 cm³/mol. The van der Waals surface area contributed by atoms with Crippen molar-refractivity contribution in [2.45, 2.75) is 5.16 Å². The van der Waals surface area contributed by atoms with Crippen molar-refractivity contribution < 1.29 is 9.72 Å². The molecule has 100 valence electrons. The van der Waals surface area contributed by atoms with Crippen LogP contribution in [0.2, 0.25) is 0 Å². The summed E-state index contributed by atoms with van der Waals surface area (Å²) < 4.78 is 0. The van der Waals surface area contributed by atoms with E-state index in [0.29, 0.717) is 10.7 Å². The van der Waals surface area contributed by atoms with E-state index in [2.05, 4.69) is 9.97 Å². The highest BCUT2D eigenvalue weighted by Crippen LogP contribution is 2.16. The lowest BCUT2D eigenvalue weighted by atomic mass is 10.2. The lowest BCUT2D eigenvalue weighted by Gasteiger charge is -1.95. The Kier molecular flexibility index (Phi) is 4.56. The quantitative estimate of drug-likeness (QED) is 0.282. The molecule has 1 aromatic heterocycles. The molecule has 1 heterocycles. The molecule has 0 bridgehead atoms. The van der Waals surface area contributed by atoms with Crippen molar-refractivity contribution >= 4 is 28.6 Å². The lowest BCUT2D eigenvalue weighted by molar-refractivity contribution is -0.384. The van der Waals surface area contributed by atoms with Crippen molar-refractivity contribution in [3.63, 3.8) is 0 Å². The zero-order valence-corrected chi connectivity index (χ0v) is 11.0. The first-order valence-electron chi connectivity index (χ1n) is 5.56. The number of nitrogens with zero attached hydrogens (tertiary/aromatic N) is 3. The highest BCUT2D eigenvalue weighted by molar-refractivity contribution is 8.13. The van der Waals surface area contributed by atoms with Crippen molar-refractivity contribution in [3.05, 3.63) is 64.5 Å². The van der Waals surface area contributed by atoms with Gasteiger partial charge in [0.2, 0.25) is 5.12 Å². The molecule has 0 amide bonds. The summed E-state index contributed by atoms with van der Waals surface area (Å²) in [5.74, 6) is 0. The minimum atomic E-state index is -0.480. The molecular weight excluding hydrogens is 278 g/mol. The maximum atomic E-state index is 11.7. The van der Waals surface area contributed by atoms with E-state index in [1.165, 1.54) is 24.3 Å². The Morgan fingerprint density at radius 1 is 1.25 bits per heavy atom. The maximum Gasteiger partial charge on any atom is 0.270 e. The van der Waals surface area contributed by atoms with Crippen LogP contribution in [0.1, 0.15) is 5.56 Å². The van der Waals surface area contributed by atoms with Crippen molar-refractivity contribution in [2.75, 3.05) is 0 Å². The smallest absolute Gasteiger partial charge is 0.270 e. The van der Waals surface area contributed by atoms with E-state index in [4.69, 9.17) is 0 Å². The van der Waals surface area contributed by atoms with Gasteiger partial charge < -0.3 is 0 Å². The first kappa shape index (κ1) is 13.9. The Bertz CT molecular complexity index is 659. The van der Waals surface area contributed by atoms with E-state index in [1.807, 2.05) is 0 Å². The molecule has 20 heavy (non-hydrogen) atoms. The third-order valence-electron chi connectivity index (χ3n) is 2.23. The van der Waals surface area contributed by atoms with Gasteiger partial charge in [-0.15, -0.1) is 0 Å². The van der Waals surface area contributed by atoms with Crippen molar-refractivity contribution in [3.8, 4) is 0 Å². The second kappa shape index (κ2) is 6.58. The second-order valence-corrected chi connectivity index (χ2v) is 4.61. The van der Waals surface area contributed by atoms with Crippen molar-refractivity contribution in [1.29, 1.82) is 0 Å². The van der Waals surface area contributed by atoms with E-state index in [1.54, 1.807) is 30.6 Å². The van der Waals surface area contributed by atoms with Crippen LogP contribution < -0.4 is 0 Å². The SMILES string of the molecule is O=C(/C=C/c1cccc([N+](=O)[O-])c1)Sc1ncccn1. The van der Waals surface area contributed by atoms with Gasteiger partial charge in [0.1, 0.15) is 0 Å². The molecule has 7 heteroatoms. The fourth-order valence-electron chi connectivity index (χ4n) is 1.37. The van der Waals surface area contributed by atoms with Crippen LogP contribution in [0.25, 0.3) is 6.08 Å². The number of hydrogen-bond donors (Lipinski definition) is 0. The molecule has 0 unspecified atom stereocenters. The van der Waals surface area contributed by atoms with Crippen LogP contribution in [0.4, 0.5) is 5.69 Å². The normalized spacial score (nSPS) is 10.6. The standard InChI is InChI=1S/C13H9N3O3S/c17-12(20-13-14-7-2-8-15-13)6-5-10-3-1-4-11(9-10)16(18)19/h1-9H/b6-5+. The summed E-state index contributed by atoms with van der Waals surface area (Å²) in [5, 5.41) is 10.7. The van der Waals surface area contributed by atoms with E-state index in [-0.39, 0.29) is 10.8 Å². The highest BCUT2D eigenvalue weighted by Gasteiger charge is 2.05. The number of thioether (sulfide) groups is 1. The number of non-ortho nitro benzene ring substituents is 1. The fourth-order valence-corrected chi connectivity index (χ4v) is 1.91. The van der Waals surface area contributed by atoms with Gasteiger partial charge in [-0.25, -0.2) is 9.97 Å². The Balaban J connectivity index is 2.04. The minimum Gasteiger partial charge on any atom is -0.282 e. The van der Waals surface area contributed by atoms with Gasteiger partial charge in [0.15, 0.2) is 5.16 Å². The number of nitro groups is 1. The maximum absolute atomic E-state index is 11.7. The summed E-state index contributed by atoms with van der Waals surface area (Å²) in [6.07, 6.45) is 5.95. The van der Waals surface area contributed by atoms with Gasteiger partial charge in [-0.3, -0.25) is 14.9 Å². The van der Waals surface area contributed by atoms with Gasteiger partial charge in [0.25, 0.3) is 5.69 Å². The third-order valence-corrected chi connectivity index (χ3v) is 2.96. The van der Waals surface area contributed by atoms with E-state index in [9.17, 15) is 14.9 Å². The Hall–Kier alpha value is -2.54. The molecule has 1 aromatic carbocycles. The molecular formula is C13H9N3O3S. The fraction of sp³-hybridized carbons (Fsp3) is 0. The molecule has 6 nitrogen and oxygen atoms in total. The van der Waals surface area contributed by atoms with Gasteiger partial charge in [-0.2, -0.15) is 0 Å². The zero-order valence-electron chi connectivity index (χ0n) is 10.2. The van der Waals surface area contributed by atoms with Gasteiger partial charge in [0, 0.05) is 24.5 Å². The van der Waals surface area contributed by atoms with E-state index < -0.39 is 4.92 Å². The predicted octanol–water partition coefficient (Wildman–Crippen LogP) is 2.72. The van der Waals surface area contributed by atoms with Gasteiger partial charge in [0.05, 0.1) is 4.92 Å². The van der Waals surface area contributed by atoms with Crippen molar-refractivity contribution in [2.24, 2.45) is 0 Å². The zero-order chi connectivity index (χ0) is 14.4.